The van der Waals surface area contributed by atoms with Gasteiger partial charge in [0.05, 0.1) is 0 Å². The minimum Gasteiger partial charge on any atom is -0.361 e. The monoisotopic (exact) mass is 262 g/mol. The van der Waals surface area contributed by atoms with E-state index in [1.54, 1.807) is 19.3 Å². The molecule has 0 aromatic heterocycles. The van der Waals surface area contributed by atoms with Crippen molar-refractivity contribution in [1.29, 1.82) is 0 Å². The van der Waals surface area contributed by atoms with Crippen molar-refractivity contribution in [2.45, 2.75) is 55.7 Å². The van der Waals surface area contributed by atoms with E-state index in [2.05, 4.69) is 0 Å². The molecule has 2 aliphatic heterocycles. The van der Waals surface area contributed by atoms with Crippen molar-refractivity contribution in [1.82, 2.24) is 0 Å². The van der Waals surface area contributed by atoms with Crippen molar-refractivity contribution in [3.8, 4) is 0 Å². The summed E-state index contributed by atoms with van der Waals surface area (Å²) in [5, 5.41) is 0. The molecule has 1 spiro atoms. The summed E-state index contributed by atoms with van der Waals surface area (Å²) in [5.74, 6) is -0.900. The molecule has 4 rings (SSSR count). The third-order valence-electron chi connectivity index (χ3n) is 4.84. The smallest absolute Gasteiger partial charge is 0.214 e. The number of carbonyl (C=O) groups excluding carboxylic acids is 1. The van der Waals surface area contributed by atoms with Gasteiger partial charge in [0.15, 0.2) is 5.78 Å². The number of hydrogen-bond donors (Lipinski definition) is 0. The predicted octanol–water partition coefficient (Wildman–Crippen LogP) is 1.89. The number of methoxy groups -OCH3 is 1. The second-order valence-corrected chi connectivity index (χ2v) is 5.91. The van der Waals surface area contributed by atoms with Gasteiger partial charge in [-0.15, -0.1) is 0 Å². The highest BCUT2D eigenvalue weighted by atomic mass is 16.7. The molecule has 4 heteroatoms. The largest absolute Gasteiger partial charge is 0.361 e. The third kappa shape index (κ3) is 1.54. The summed E-state index contributed by atoms with van der Waals surface area (Å²) in [4.78, 5) is 11.6. The van der Waals surface area contributed by atoms with Gasteiger partial charge >= 0.3 is 0 Å². The van der Waals surface area contributed by atoms with Crippen molar-refractivity contribution in [2.24, 2.45) is 0 Å². The molecule has 1 saturated carbocycles. The Morgan fingerprint density at radius 3 is 2.84 bits per heavy atom. The highest BCUT2D eigenvalue weighted by molar-refractivity contribution is 6.01. The lowest BCUT2D eigenvalue weighted by Crippen LogP contribution is -2.56. The molecule has 0 radical (unpaired) electrons. The highest BCUT2D eigenvalue weighted by Crippen LogP contribution is 2.56. The summed E-state index contributed by atoms with van der Waals surface area (Å²) in [6.07, 6.45) is 10.7. The van der Waals surface area contributed by atoms with E-state index in [0.29, 0.717) is 0 Å². The minimum absolute atomic E-state index is 0.000648. The fourth-order valence-electron chi connectivity index (χ4n) is 3.84. The Labute approximate surface area is 112 Å². The number of rotatable bonds is 1. The van der Waals surface area contributed by atoms with Gasteiger partial charge in [0.25, 0.3) is 0 Å². The van der Waals surface area contributed by atoms with Crippen molar-refractivity contribution < 1.29 is 19.0 Å². The van der Waals surface area contributed by atoms with Crippen LogP contribution in [0.5, 0.6) is 0 Å². The molecule has 4 aliphatic rings. The van der Waals surface area contributed by atoms with E-state index in [-0.39, 0.29) is 23.6 Å². The Bertz CT molecular complexity index is 486. The number of ketones is 1. The number of ether oxygens (including phenoxy) is 3. The van der Waals surface area contributed by atoms with E-state index in [1.165, 1.54) is 25.3 Å². The molecule has 0 N–H and O–H groups in total. The molecule has 3 fully saturated rings. The quantitative estimate of drug-likeness (QED) is 0.677. The van der Waals surface area contributed by atoms with E-state index < -0.39 is 5.79 Å². The predicted molar refractivity (Wildman–Crippen MR) is 67.5 cm³/mol. The number of carbonyl (C=O) groups is 1. The Kier molecular flexibility index (Phi) is 2.35. The van der Waals surface area contributed by atoms with E-state index in [0.717, 1.165) is 18.4 Å². The third-order valence-corrected chi connectivity index (χ3v) is 4.84. The van der Waals surface area contributed by atoms with Crippen molar-refractivity contribution in [3.63, 3.8) is 0 Å². The molecule has 102 valence electrons. The Morgan fingerprint density at radius 2 is 2.11 bits per heavy atom. The molecule has 3 atom stereocenters. The van der Waals surface area contributed by atoms with Gasteiger partial charge in [0.1, 0.15) is 17.8 Å². The molecule has 0 bridgehead atoms. The van der Waals surface area contributed by atoms with Gasteiger partial charge in [-0.05, 0) is 31.1 Å². The molecule has 0 aromatic rings. The van der Waals surface area contributed by atoms with Crippen LogP contribution in [-0.4, -0.2) is 36.5 Å². The molecule has 0 aromatic carbocycles. The lowest BCUT2D eigenvalue weighted by Gasteiger charge is -2.47. The van der Waals surface area contributed by atoms with Gasteiger partial charge in [0.2, 0.25) is 5.79 Å². The average molecular weight is 262 g/mol. The lowest BCUT2D eigenvalue weighted by molar-refractivity contribution is -0.252. The van der Waals surface area contributed by atoms with Crippen LogP contribution in [0.1, 0.15) is 32.1 Å². The number of allylic oxidation sites excluding steroid dienone is 2. The molecule has 0 unspecified atom stereocenters. The fourth-order valence-corrected chi connectivity index (χ4v) is 3.84. The highest BCUT2D eigenvalue weighted by Gasteiger charge is 2.67. The maximum absolute atomic E-state index is 11.6. The molecule has 19 heavy (non-hydrogen) atoms. The maximum Gasteiger partial charge on any atom is 0.214 e. The van der Waals surface area contributed by atoms with Gasteiger partial charge in [-0.1, -0.05) is 19.3 Å². The summed E-state index contributed by atoms with van der Waals surface area (Å²) >= 11 is 0. The topological polar surface area (TPSA) is 48.1 Å². The van der Waals surface area contributed by atoms with Crippen LogP contribution in [-0.2, 0) is 19.0 Å². The number of epoxide rings is 1. The summed E-state index contributed by atoms with van der Waals surface area (Å²) in [6, 6.07) is 0. The number of fused-ring (bicyclic) bond motifs is 4. The number of hydrogen-bond acceptors (Lipinski definition) is 4. The SMILES string of the molecule is CO[C@@]12C=CC(=O)C=C1[C@H]1O[C@H]1C1(CCCCC1)O2. The van der Waals surface area contributed by atoms with E-state index in [1.807, 2.05) is 0 Å². The summed E-state index contributed by atoms with van der Waals surface area (Å²) in [7, 11) is 1.63. The second kappa shape index (κ2) is 3.78. The molecule has 2 saturated heterocycles. The van der Waals surface area contributed by atoms with Gasteiger partial charge in [-0.2, -0.15) is 0 Å². The Hall–Kier alpha value is -0.970. The zero-order valence-electron chi connectivity index (χ0n) is 11.1. The zero-order valence-corrected chi connectivity index (χ0v) is 11.1. The average Bonchev–Trinajstić information content (AvgIpc) is 3.23. The van der Waals surface area contributed by atoms with Crippen molar-refractivity contribution in [3.05, 3.63) is 23.8 Å². The van der Waals surface area contributed by atoms with Crippen LogP contribution in [0.3, 0.4) is 0 Å². The van der Waals surface area contributed by atoms with Crippen LogP contribution < -0.4 is 0 Å². The first kappa shape index (κ1) is 11.8. The normalized spacial score (nSPS) is 42.6. The molecule has 4 nitrogen and oxygen atoms in total. The van der Waals surface area contributed by atoms with Crippen molar-refractivity contribution >= 4 is 5.78 Å². The zero-order chi connectivity index (χ0) is 13.1. The van der Waals surface area contributed by atoms with Crippen LogP contribution in [0.2, 0.25) is 0 Å². The summed E-state index contributed by atoms with van der Waals surface area (Å²) in [5.41, 5.74) is 0.616. The van der Waals surface area contributed by atoms with Crippen LogP contribution in [0.4, 0.5) is 0 Å². The second-order valence-electron chi connectivity index (χ2n) is 5.91. The van der Waals surface area contributed by atoms with Crippen LogP contribution in [0.15, 0.2) is 23.8 Å². The van der Waals surface area contributed by atoms with Gasteiger partial charge < -0.3 is 14.2 Å². The van der Waals surface area contributed by atoms with E-state index in [9.17, 15) is 4.79 Å². The van der Waals surface area contributed by atoms with Gasteiger partial charge in [-0.3, -0.25) is 4.79 Å². The minimum atomic E-state index is -0.886. The van der Waals surface area contributed by atoms with Gasteiger partial charge in [0, 0.05) is 12.7 Å². The van der Waals surface area contributed by atoms with E-state index >= 15 is 0 Å². The maximum atomic E-state index is 11.6. The summed E-state index contributed by atoms with van der Waals surface area (Å²) < 4.78 is 17.9. The van der Waals surface area contributed by atoms with Crippen LogP contribution in [0.25, 0.3) is 0 Å². The fraction of sp³-hybridized carbons (Fsp3) is 0.667. The van der Waals surface area contributed by atoms with Crippen molar-refractivity contribution in [2.75, 3.05) is 7.11 Å². The van der Waals surface area contributed by atoms with E-state index in [4.69, 9.17) is 14.2 Å². The Morgan fingerprint density at radius 1 is 1.32 bits per heavy atom. The first-order chi connectivity index (χ1) is 9.19. The molecule has 2 aliphatic carbocycles. The van der Waals surface area contributed by atoms with Crippen LogP contribution >= 0.6 is 0 Å². The molecule has 2 heterocycles. The van der Waals surface area contributed by atoms with Crippen LogP contribution in [0, 0.1) is 0 Å². The molecular formula is C15H18O4. The van der Waals surface area contributed by atoms with Gasteiger partial charge in [-0.25, -0.2) is 0 Å². The lowest BCUT2D eigenvalue weighted by atomic mass is 9.76. The summed E-state index contributed by atoms with van der Waals surface area (Å²) in [6.45, 7) is 0. The standard InChI is InChI=1S/C15H18O4/c1-17-15-8-5-10(16)9-11(15)12-13(18-12)14(19-15)6-3-2-4-7-14/h5,8-9,12-13H,2-4,6-7H2,1H3/t12-,13-,15-/m1/s1. The molecular weight excluding hydrogens is 244 g/mol. The first-order valence-corrected chi connectivity index (χ1v) is 7.05. The first-order valence-electron chi connectivity index (χ1n) is 7.05. The Balaban J connectivity index is 1.75. The molecule has 0 amide bonds.